The van der Waals surface area contributed by atoms with E-state index >= 15 is 0 Å². The Labute approximate surface area is 77.7 Å². The smallest absolute Gasteiger partial charge is 0.123 e. The Morgan fingerprint density at radius 3 is 2.38 bits per heavy atom. The van der Waals surface area contributed by atoms with Crippen LogP contribution in [0.5, 0.6) is 0 Å². The van der Waals surface area contributed by atoms with Crippen molar-refractivity contribution in [2.24, 2.45) is 17.8 Å². The van der Waals surface area contributed by atoms with Crippen molar-refractivity contribution in [3.63, 3.8) is 0 Å². The molecule has 3 heteroatoms. The van der Waals surface area contributed by atoms with E-state index < -0.39 is 5.67 Å². The second-order valence-corrected chi connectivity index (χ2v) is 5.02. The maximum Gasteiger partial charge on any atom is 0.123 e. The molecule has 2 saturated carbocycles. The van der Waals surface area contributed by atoms with E-state index in [0.29, 0.717) is 30.9 Å². The van der Waals surface area contributed by atoms with E-state index in [1.165, 1.54) is 0 Å². The van der Waals surface area contributed by atoms with Gasteiger partial charge in [0.2, 0.25) is 0 Å². The van der Waals surface area contributed by atoms with Crippen molar-refractivity contribution < 1.29 is 9.50 Å². The molecule has 3 aliphatic rings. The maximum absolute atomic E-state index is 13.4. The van der Waals surface area contributed by atoms with E-state index in [-0.39, 0.29) is 0 Å². The summed E-state index contributed by atoms with van der Waals surface area (Å²) in [5, 5.41) is 8.95. The molecule has 2 aliphatic carbocycles. The minimum Gasteiger partial charge on any atom is -0.396 e. The van der Waals surface area contributed by atoms with Crippen molar-refractivity contribution in [2.45, 2.75) is 18.5 Å². The maximum atomic E-state index is 13.4. The summed E-state index contributed by atoms with van der Waals surface area (Å²) in [5.41, 5.74) is -0.828. The highest BCUT2D eigenvalue weighted by Crippen LogP contribution is 2.52. The number of aliphatic hydroxyl groups excluding tert-OH is 1. The van der Waals surface area contributed by atoms with Crippen LogP contribution in [-0.2, 0) is 0 Å². The van der Waals surface area contributed by atoms with Crippen molar-refractivity contribution in [2.75, 3.05) is 26.2 Å². The summed E-state index contributed by atoms with van der Waals surface area (Å²) in [6, 6.07) is 0. The number of piperidine rings is 1. The monoisotopic (exact) mass is 185 g/mol. The molecule has 3 rings (SSSR count). The van der Waals surface area contributed by atoms with Gasteiger partial charge >= 0.3 is 0 Å². The highest BCUT2D eigenvalue weighted by Gasteiger charge is 2.56. The Kier molecular flexibility index (Phi) is 1.54. The van der Waals surface area contributed by atoms with Crippen LogP contribution in [0.3, 0.4) is 0 Å². The molecule has 1 N–H and O–H groups in total. The van der Waals surface area contributed by atoms with Crippen LogP contribution < -0.4 is 0 Å². The van der Waals surface area contributed by atoms with Crippen LogP contribution in [0, 0.1) is 17.8 Å². The van der Waals surface area contributed by atoms with Gasteiger partial charge in [-0.05, 0) is 30.6 Å². The zero-order chi connectivity index (χ0) is 9.05. The summed E-state index contributed by atoms with van der Waals surface area (Å²) < 4.78 is 13.4. The Hall–Kier alpha value is -0.150. The largest absolute Gasteiger partial charge is 0.396 e. The lowest BCUT2D eigenvalue weighted by Crippen LogP contribution is -2.32. The first-order valence-corrected chi connectivity index (χ1v) is 5.24. The molecule has 3 atom stereocenters. The summed E-state index contributed by atoms with van der Waals surface area (Å²) in [5.74, 6) is 1.92. The van der Waals surface area contributed by atoms with Crippen molar-refractivity contribution >= 4 is 0 Å². The molecular formula is C10H16FNO. The van der Waals surface area contributed by atoms with E-state index in [1.807, 2.05) is 0 Å². The van der Waals surface area contributed by atoms with Crippen LogP contribution in [0.15, 0.2) is 0 Å². The van der Waals surface area contributed by atoms with E-state index in [4.69, 9.17) is 5.11 Å². The highest BCUT2D eigenvalue weighted by molar-refractivity contribution is 5.07. The van der Waals surface area contributed by atoms with Crippen molar-refractivity contribution in [1.82, 2.24) is 4.90 Å². The number of nitrogens with zero attached hydrogens (tertiary/aromatic N) is 1. The Morgan fingerprint density at radius 1 is 1.31 bits per heavy atom. The molecule has 2 nitrogen and oxygen atoms in total. The van der Waals surface area contributed by atoms with Crippen molar-refractivity contribution in [3.05, 3.63) is 0 Å². The van der Waals surface area contributed by atoms with Gasteiger partial charge in [-0.15, -0.1) is 0 Å². The van der Waals surface area contributed by atoms with Gasteiger partial charge in [-0.25, -0.2) is 4.39 Å². The van der Waals surface area contributed by atoms with Crippen LogP contribution in [0.25, 0.3) is 0 Å². The third-order valence-electron chi connectivity index (χ3n) is 3.96. The van der Waals surface area contributed by atoms with Crippen LogP contribution in [0.2, 0.25) is 0 Å². The number of hydrogen-bond acceptors (Lipinski definition) is 2. The fourth-order valence-electron chi connectivity index (χ4n) is 2.83. The topological polar surface area (TPSA) is 23.5 Å². The number of alkyl halides is 1. The Bertz CT molecular complexity index is 217. The van der Waals surface area contributed by atoms with Gasteiger partial charge in [0.15, 0.2) is 0 Å². The first-order valence-electron chi connectivity index (χ1n) is 5.24. The number of fused-ring (bicyclic) bond motifs is 1. The minimum absolute atomic E-state index is 0.337. The van der Waals surface area contributed by atoms with E-state index in [9.17, 15) is 4.39 Å². The molecule has 3 fully saturated rings. The fourth-order valence-corrected chi connectivity index (χ4v) is 2.83. The SMILES string of the molecule is OCC1[C@H]2CN(CC3(F)CC3)C[C@@H]12. The molecule has 0 radical (unpaired) electrons. The predicted octanol–water partition coefficient (Wildman–Crippen LogP) is 0.659. The summed E-state index contributed by atoms with van der Waals surface area (Å²) in [4.78, 5) is 2.24. The molecule has 0 aromatic carbocycles. The van der Waals surface area contributed by atoms with Gasteiger partial charge in [-0.2, -0.15) is 0 Å². The summed E-state index contributed by atoms with van der Waals surface area (Å²) in [6.07, 6.45) is 1.53. The highest BCUT2D eigenvalue weighted by atomic mass is 19.1. The second-order valence-electron chi connectivity index (χ2n) is 5.02. The van der Waals surface area contributed by atoms with Crippen molar-refractivity contribution in [1.29, 1.82) is 0 Å². The molecule has 1 heterocycles. The predicted molar refractivity (Wildman–Crippen MR) is 47.1 cm³/mol. The molecule has 1 unspecified atom stereocenters. The summed E-state index contributed by atoms with van der Waals surface area (Å²) in [7, 11) is 0. The Morgan fingerprint density at radius 2 is 1.92 bits per heavy atom. The summed E-state index contributed by atoms with van der Waals surface area (Å²) >= 11 is 0. The van der Waals surface area contributed by atoms with Gasteiger partial charge < -0.3 is 5.11 Å². The molecule has 0 aromatic rings. The number of hydrogen-bond donors (Lipinski definition) is 1. The second kappa shape index (κ2) is 2.45. The molecule has 74 valence electrons. The number of halogens is 1. The summed E-state index contributed by atoms with van der Waals surface area (Å²) in [6.45, 7) is 3.05. The average Bonchev–Trinajstić information content (AvgIpc) is 2.92. The third kappa shape index (κ3) is 1.29. The lowest BCUT2D eigenvalue weighted by Gasteiger charge is -2.20. The molecule has 13 heavy (non-hydrogen) atoms. The van der Waals surface area contributed by atoms with Crippen molar-refractivity contribution in [3.8, 4) is 0 Å². The molecule has 0 spiro atoms. The fraction of sp³-hybridized carbons (Fsp3) is 1.00. The molecule has 0 amide bonds. The zero-order valence-corrected chi connectivity index (χ0v) is 7.75. The number of likely N-dealkylation sites (tertiary alicyclic amines) is 1. The van der Waals surface area contributed by atoms with Gasteiger partial charge in [0.25, 0.3) is 0 Å². The number of aliphatic hydroxyl groups is 1. The van der Waals surface area contributed by atoms with Crippen LogP contribution >= 0.6 is 0 Å². The van der Waals surface area contributed by atoms with Crippen LogP contribution in [0.1, 0.15) is 12.8 Å². The van der Waals surface area contributed by atoms with E-state index in [0.717, 1.165) is 25.9 Å². The Balaban J connectivity index is 1.51. The average molecular weight is 185 g/mol. The first kappa shape index (κ1) is 8.18. The normalized spacial score (nSPS) is 46.2. The standard InChI is InChI=1S/C10H16FNO/c11-10(1-2-10)6-12-3-7-8(4-12)9(7)5-13/h7-9,13H,1-6H2/t7-,8+,9?. The third-order valence-corrected chi connectivity index (χ3v) is 3.96. The van der Waals surface area contributed by atoms with E-state index in [1.54, 1.807) is 0 Å². The van der Waals surface area contributed by atoms with Gasteiger partial charge in [0.1, 0.15) is 5.67 Å². The lowest BCUT2D eigenvalue weighted by atomic mass is 10.2. The quantitative estimate of drug-likeness (QED) is 0.698. The lowest BCUT2D eigenvalue weighted by molar-refractivity contribution is 0.169. The molecule has 0 bridgehead atoms. The van der Waals surface area contributed by atoms with Gasteiger partial charge in [-0.3, -0.25) is 4.90 Å². The molecule has 1 saturated heterocycles. The number of rotatable bonds is 3. The van der Waals surface area contributed by atoms with E-state index in [2.05, 4.69) is 4.90 Å². The minimum atomic E-state index is -0.828. The van der Waals surface area contributed by atoms with Gasteiger partial charge in [0.05, 0.1) is 0 Å². The molecular weight excluding hydrogens is 169 g/mol. The van der Waals surface area contributed by atoms with Gasteiger partial charge in [-0.1, -0.05) is 0 Å². The molecule has 0 aromatic heterocycles. The van der Waals surface area contributed by atoms with Gasteiger partial charge in [0, 0.05) is 26.2 Å². The van der Waals surface area contributed by atoms with Crippen LogP contribution in [-0.4, -0.2) is 41.9 Å². The first-order chi connectivity index (χ1) is 6.22. The molecule has 1 aliphatic heterocycles. The zero-order valence-electron chi connectivity index (χ0n) is 7.75. The van der Waals surface area contributed by atoms with Crippen LogP contribution in [0.4, 0.5) is 4.39 Å².